The molecule has 1 aromatic carbocycles. The molecule has 0 aliphatic rings. The summed E-state index contributed by atoms with van der Waals surface area (Å²) in [6.07, 6.45) is -0.352. The highest BCUT2D eigenvalue weighted by molar-refractivity contribution is 8.77. The van der Waals surface area contributed by atoms with Crippen molar-refractivity contribution in [2.24, 2.45) is 0 Å². The maximum atomic E-state index is 12.4. The highest BCUT2D eigenvalue weighted by Gasteiger charge is 2.29. The molecule has 0 saturated heterocycles. The SMILES string of the molecule is C=CCSSC=CCSCc1ccc(C(F)(F)F)cc1. The van der Waals surface area contributed by atoms with Gasteiger partial charge in [0, 0.05) is 17.3 Å². The van der Waals surface area contributed by atoms with Crippen LogP contribution in [0.25, 0.3) is 0 Å². The standard InChI is InChI=1S/C14H15F3S3/c1-2-8-19-20-10-3-9-18-11-12-4-6-13(7-5-12)14(15,16)17/h2-7,10H,1,8-9,11H2. The third-order valence-electron chi connectivity index (χ3n) is 2.17. The smallest absolute Gasteiger partial charge is 0.166 e. The van der Waals surface area contributed by atoms with E-state index in [1.165, 1.54) is 12.1 Å². The molecule has 20 heavy (non-hydrogen) atoms. The summed E-state index contributed by atoms with van der Waals surface area (Å²) in [7, 11) is 3.36. The van der Waals surface area contributed by atoms with Crippen LogP contribution in [-0.2, 0) is 11.9 Å². The zero-order valence-electron chi connectivity index (χ0n) is 10.7. The first-order valence-electron chi connectivity index (χ1n) is 5.82. The molecule has 0 aliphatic carbocycles. The average molecular weight is 336 g/mol. The van der Waals surface area contributed by atoms with Crippen LogP contribution in [0.3, 0.4) is 0 Å². The number of halogens is 3. The van der Waals surface area contributed by atoms with Crippen molar-refractivity contribution < 1.29 is 13.2 Å². The van der Waals surface area contributed by atoms with Crippen molar-refractivity contribution in [3.8, 4) is 0 Å². The van der Waals surface area contributed by atoms with Crippen molar-refractivity contribution in [1.82, 2.24) is 0 Å². The summed E-state index contributed by atoms with van der Waals surface area (Å²) in [5.41, 5.74) is 0.312. The first-order chi connectivity index (χ1) is 9.54. The molecule has 0 amide bonds. The number of thioether (sulfide) groups is 1. The Hall–Kier alpha value is -0.460. The van der Waals surface area contributed by atoms with Gasteiger partial charge >= 0.3 is 6.18 Å². The Morgan fingerprint density at radius 1 is 1.10 bits per heavy atom. The Morgan fingerprint density at radius 3 is 2.40 bits per heavy atom. The lowest BCUT2D eigenvalue weighted by Crippen LogP contribution is -2.04. The Kier molecular flexibility index (Phi) is 8.33. The van der Waals surface area contributed by atoms with E-state index in [9.17, 15) is 13.2 Å². The largest absolute Gasteiger partial charge is 0.416 e. The van der Waals surface area contributed by atoms with E-state index in [-0.39, 0.29) is 0 Å². The maximum Gasteiger partial charge on any atom is 0.416 e. The molecule has 0 N–H and O–H groups in total. The molecule has 1 aromatic rings. The van der Waals surface area contributed by atoms with Gasteiger partial charge in [-0.25, -0.2) is 0 Å². The summed E-state index contributed by atoms with van der Waals surface area (Å²) < 4.78 is 37.1. The zero-order chi connectivity index (χ0) is 14.8. The molecule has 0 saturated carbocycles. The van der Waals surface area contributed by atoms with Crippen LogP contribution in [0.15, 0.2) is 48.4 Å². The number of hydrogen-bond donors (Lipinski definition) is 0. The van der Waals surface area contributed by atoms with E-state index in [2.05, 4.69) is 12.7 Å². The minimum atomic E-state index is -4.26. The topological polar surface area (TPSA) is 0 Å². The summed E-state index contributed by atoms with van der Waals surface area (Å²) in [6, 6.07) is 5.34. The molecular weight excluding hydrogens is 321 g/mol. The van der Waals surface area contributed by atoms with Crippen molar-refractivity contribution in [2.45, 2.75) is 11.9 Å². The minimum Gasteiger partial charge on any atom is -0.166 e. The predicted molar refractivity (Wildman–Crippen MR) is 87.0 cm³/mol. The Morgan fingerprint density at radius 2 is 1.80 bits per heavy atom. The second-order valence-electron chi connectivity index (χ2n) is 3.75. The first-order valence-corrected chi connectivity index (χ1v) is 9.36. The molecule has 0 radical (unpaired) electrons. The molecule has 110 valence electrons. The van der Waals surface area contributed by atoms with Gasteiger partial charge in [0.05, 0.1) is 5.56 Å². The van der Waals surface area contributed by atoms with E-state index in [1.807, 2.05) is 11.5 Å². The van der Waals surface area contributed by atoms with Gasteiger partial charge in [-0.3, -0.25) is 0 Å². The van der Waals surface area contributed by atoms with Crippen molar-refractivity contribution in [3.63, 3.8) is 0 Å². The summed E-state index contributed by atoms with van der Waals surface area (Å²) in [4.78, 5) is 0. The second kappa shape index (κ2) is 9.47. The van der Waals surface area contributed by atoms with Crippen molar-refractivity contribution in [1.29, 1.82) is 0 Å². The summed E-state index contributed by atoms with van der Waals surface area (Å²) in [5.74, 6) is 2.48. The number of alkyl halides is 3. The van der Waals surface area contributed by atoms with E-state index in [0.717, 1.165) is 29.2 Å². The summed E-state index contributed by atoms with van der Waals surface area (Å²) in [5, 5.41) is 2.02. The molecule has 0 nitrogen and oxygen atoms in total. The monoisotopic (exact) mass is 336 g/mol. The second-order valence-corrected chi connectivity index (χ2v) is 7.10. The van der Waals surface area contributed by atoms with Gasteiger partial charge in [0.25, 0.3) is 0 Å². The van der Waals surface area contributed by atoms with Gasteiger partial charge in [-0.2, -0.15) is 24.9 Å². The van der Waals surface area contributed by atoms with Gasteiger partial charge in [-0.15, -0.1) is 6.58 Å². The quantitative estimate of drug-likeness (QED) is 0.324. The highest BCUT2D eigenvalue weighted by atomic mass is 33.1. The van der Waals surface area contributed by atoms with Crippen molar-refractivity contribution >= 4 is 33.3 Å². The van der Waals surface area contributed by atoms with Crippen LogP contribution in [0, 0.1) is 0 Å². The van der Waals surface area contributed by atoms with Gasteiger partial charge < -0.3 is 0 Å². The average Bonchev–Trinajstić information content (AvgIpc) is 2.41. The van der Waals surface area contributed by atoms with Crippen molar-refractivity contribution in [2.75, 3.05) is 11.5 Å². The molecule has 0 aliphatic heterocycles. The molecule has 0 unspecified atom stereocenters. The van der Waals surface area contributed by atoms with Gasteiger partial charge in [0.1, 0.15) is 0 Å². The van der Waals surface area contributed by atoms with Gasteiger partial charge in [-0.05, 0) is 23.1 Å². The van der Waals surface area contributed by atoms with Crippen LogP contribution >= 0.6 is 33.3 Å². The lowest BCUT2D eigenvalue weighted by molar-refractivity contribution is -0.137. The van der Waals surface area contributed by atoms with Crippen LogP contribution in [0.5, 0.6) is 0 Å². The molecule has 6 heteroatoms. The molecule has 0 spiro atoms. The van der Waals surface area contributed by atoms with Crippen molar-refractivity contribution in [3.05, 3.63) is 59.5 Å². The molecule has 0 aromatic heterocycles. The fraction of sp³-hybridized carbons (Fsp3) is 0.286. The highest BCUT2D eigenvalue weighted by Crippen LogP contribution is 2.29. The maximum absolute atomic E-state index is 12.4. The number of rotatable bonds is 8. The third-order valence-corrected chi connectivity index (χ3v) is 5.10. The first kappa shape index (κ1) is 17.6. The zero-order valence-corrected chi connectivity index (χ0v) is 13.2. The van der Waals surface area contributed by atoms with Crippen LogP contribution < -0.4 is 0 Å². The van der Waals surface area contributed by atoms with E-state index < -0.39 is 11.7 Å². The van der Waals surface area contributed by atoms with Gasteiger partial charge in [0.15, 0.2) is 0 Å². The van der Waals surface area contributed by atoms with E-state index in [1.54, 1.807) is 33.3 Å². The molecule has 0 fully saturated rings. The predicted octanol–water partition coefficient (Wildman–Crippen LogP) is 6.02. The molecule has 0 heterocycles. The van der Waals surface area contributed by atoms with E-state index in [0.29, 0.717) is 5.75 Å². The Labute approximate surface area is 129 Å². The van der Waals surface area contributed by atoms with Crippen LogP contribution in [0.4, 0.5) is 13.2 Å². The fourth-order valence-electron chi connectivity index (χ4n) is 1.24. The lowest BCUT2D eigenvalue weighted by Gasteiger charge is -2.07. The lowest BCUT2D eigenvalue weighted by atomic mass is 10.1. The van der Waals surface area contributed by atoms with Crippen LogP contribution in [0.2, 0.25) is 0 Å². The summed E-state index contributed by atoms with van der Waals surface area (Å²) >= 11 is 1.67. The minimum absolute atomic E-state index is 0.596. The van der Waals surface area contributed by atoms with Crippen LogP contribution in [0.1, 0.15) is 11.1 Å². The summed E-state index contributed by atoms with van der Waals surface area (Å²) in [6.45, 7) is 3.63. The Bertz CT molecular complexity index is 424. The van der Waals surface area contributed by atoms with Gasteiger partial charge in [-0.1, -0.05) is 45.9 Å². The van der Waals surface area contributed by atoms with E-state index >= 15 is 0 Å². The molecule has 0 bridgehead atoms. The molecule has 0 atom stereocenters. The number of benzene rings is 1. The fourth-order valence-corrected chi connectivity index (χ4v) is 3.56. The number of hydrogen-bond acceptors (Lipinski definition) is 3. The van der Waals surface area contributed by atoms with Crippen LogP contribution in [-0.4, -0.2) is 11.5 Å². The molecular formula is C14H15F3S3. The molecule has 1 rings (SSSR count). The normalized spacial score (nSPS) is 11.9. The van der Waals surface area contributed by atoms with E-state index in [4.69, 9.17) is 0 Å². The Balaban J connectivity index is 2.24. The third kappa shape index (κ3) is 7.36. The van der Waals surface area contributed by atoms with Gasteiger partial charge in [0.2, 0.25) is 0 Å².